The lowest BCUT2D eigenvalue weighted by Gasteiger charge is -2.06. The summed E-state index contributed by atoms with van der Waals surface area (Å²) in [6.07, 6.45) is 1.27. The van der Waals surface area contributed by atoms with Crippen LogP contribution in [-0.4, -0.2) is 28.2 Å². The zero-order valence-corrected chi connectivity index (χ0v) is 12.1. The van der Waals surface area contributed by atoms with Crippen molar-refractivity contribution in [3.63, 3.8) is 0 Å². The number of carboxylic acids is 1. The maximum Gasteiger partial charge on any atom is 0.356 e. The average molecular weight is 344 g/mol. The molecule has 0 atom stereocenters. The monoisotopic (exact) mass is 342 g/mol. The molecule has 0 aliphatic heterocycles. The molecule has 1 heterocycles. The van der Waals surface area contributed by atoms with Gasteiger partial charge in [-0.15, -0.1) is 0 Å². The molecule has 0 aliphatic carbocycles. The van der Waals surface area contributed by atoms with E-state index in [1.54, 1.807) is 25.3 Å². The number of halogens is 2. The van der Waals surface area contributed by atoms with Crippen LogP contribution in [0.25, 0.3) is 11.4 Å². The summed E-state index contributed by atoms with van der Waals surface area (Å²) >= 11 is 9.07. The van der Waals surface area contributed by atoms with Crippen molar-refractivity contribution in [1.82, 2.24) is 9.97 Å². The molecule has 2 rings (SSSR count). The summed E-state index contributed by atoms with van der Waals surface area (Å²) in [6.45, 7) is 0. The van der Waals surface area contributed by atoms with Crippen molar-refractivity contribution in [2.24, 2.45) is 0 Å². The third-order valence-electron chi connectivity index (χ3n) is 2.36. The van der Waals surface area contributed by atoms with Crippen molar-refractivity contribution in [3.05, 3.63) is 39.6 Å². The molecule has 1 aromatic heterocycles. The first-order valence-electron chi connectivity index (χ1n) is 5.12. The van der Waals surface area contributed by atoms with Crippen LogP contribution < -0.4 is 4.74 Å². The highest BCUT2D eigenvalue weighted by Crippen LogP contribution is 2.29. The van der Waals surface area contributed by atoms with Crippen LogP contribution in [0.1, 0.15) is 10.5 Å². The molecule has 0 saturated heterocycles. The molecule has 0 amide bonds. The maximum absolute atomic E-state index is 11.0. The van der Waals surface area contributed by atoms with E-state index in [9.17, 15) is 4.79 Å². The van der Waals surface area contributed by atoms with E-state index in [1.807, 2.05) is 0 Å². The highest BCUT2D eigenvalue weighted by Gasteiger charge is 2.14. The number of carbonyl (C=O) groups is 1. The fourth-order valence-electron chi connectivity index (χ4n) is 1.46. The molecule has 1 N–H and O–H groups in total. The minimum Gasteiger partial charge on any atom is -0.496 e. The Morgan fingerprint density at radius 3 is 2.79 bits per heavy atom. The number of ether oxygens (including phenoxy) is 1. The lowest BCUT2D eigenvalue weighted by Crippen LogP contribution is -2.04. The Morgan fingerprint density at radius 1 is 1.47 bits per heavy atom. The minimum atomic E-state index is -1.19. The lowest BCUT2D eigenvalue weighted by molar-refractivity contribution is 0.0690. The quantitative estimate of drug-likeness (QED) is 0.926. The first kappa shape index (κ1) is 13.8. The number of carboxylic acid groups (broad SMARTS) is 1. The van der Waals surface area contributed by atoms with E-state index in [-0.39, 0.29) is 16.5 Å². The van der Waals surface area contributed by atoms with Gasteiger partial charge < -0.3 is 9.84 Å². The van der Waals surface area contributed by atoms with E-state index in [1.165, 1.54) is 6.20 Å². The summed E-state index contributed by atoms with van der Waals surface area (Å²) < 4.78 is 5.84. The SMILES string of the molecule is COc1ccc(-c2ncc(Cl)c(C(=O)O)n2)cc1Br. The topological polar surface area (TPSA) is 72.3 Å². The molecule has 0 fully saturated rings. The number of aromatic carboxylic acids is 1. The number of nitrogens with zero attached hydrogens (tertiary/aromatic N) is 2. The van der Waals surface area contributed by atoms with Gasteiger partial charge in [-0.05, 0) is 34.1 Å². The molecule has 0 spiro atoms. The van der Waals surface area contributed by atoms with Crippen LogP contribution in [0.5, 0.6) is 5.75 Å². The summed E-state index contributed by atoms with van der Waals surface area (Å²) in [4.78, 5) is 18.9. The molecule has 1 aromatic carbocycles. The maximum atomic E-state index is 11.0. The Bertz CT molecular complexity index is 649. The van der Waals surface area contributed by atoms with Crippen molar-refractivity contribution in [2.75, 3.05) is 7.11 Å². The molecule has 0 aliphatic rings. The predicted molar refractivity (Wildman–Crippen MR) is 73.7 cm³/mol. The Balaban J connectivity index is 2.50. The molecular weight excluding hydrogens is 335 g/mol. The Hall–Kier alpha value is -1.66. The molecule has 2 aromatic rings. The van der Waals surface area contributed by atoms with Gasteiger partial charge in [-0.3, -0.25) is 0 Å². The van der Waals surface area contributed by atoms with Crippen molar-refractivity contribution in [3.8, 4) is 17.1 Å². The van der Waals surface area contributed by atoms with Crippen molar-refractivity contribution in [1.29, 1.82) is 0 Å². The van der Waals surface area contributed by atoms with Crippen LogP contribution in [0, 0.1) is 0 Å². The van der Waals surface area contributed by atoms with E-state index in [2.05, 4.69) is 25.9 Å². The standard InChI is InChI=1S/C12H8BrClN2O3/c1-19-9-3-2-6(4-7(9)13)11-15-5-8(14)10(16-11)12(17)18/h2-5H,1H3,(H,17,18). The van der Waals surface area contributed by atoms with E-state index in [0.717, 1.165) is 4.47 Å². The number of hydrogen-bond donors (Lipinski definition) is 1. The van der Waals surface area contributed by atoms with E-state index >= 15 is 0 Å². The summed E-state index contributed by atoms with van der Waals surface area (Å²) in [5, 5.41) is 8.97. The Morgan fingerprint density at radius 2 is 2.21 bits per heavy atom. The fraction of sp³-hybridized carbons (Fsp3) is 0.0833. The van der Waals surface area contributed by atoms with E-state index in [4.69, 9.17) is 21.4 Å². The van der Waals surface area contributed by atoms with Crippen LogP contribution in [-0.2, 0) is 0 Å². The minimum absolute atomic E-state index is 0.00354. The molecule has 0 unspecified atom stereocenters. The molecule has 0 bridgehead atoms. The van der Waals surface area contributed by atoms with Crippen LogP contribution in [0.3, 0.4) is 0 Å². The number of benzene rings is 1. The molecular formula is C12H8BrClN2O3. The Labute approximate surface area is 122 Å². The van der Waals surface area contributed by atoms with Crippen LogP contribution in [0.4, 0.5) is 0 Å². The van der Waals surface area contributed by atoms with Crippen LogP contribution >= 0.6 is 27.5 Å². The van der Waals surface area contributed by atoms with Crippen LogP contribution in [0.15, 0.2) is 28.9 Å². The second-order valence-electron chi connectivity index (χ2n) is 3.54. The normalized spacial score (nSPS) is 10.3. The summed E-state index contributed by atoms with van der Waals surface area (Å²) in [5.41, 5.74) is 0.436. The largest absolute Gasteiger partial charge is 0.496 e. The summed E-state index contributed by atoms with van der Waals surface area (Å²) in [7, 11) is 1.56. The van der Waals surface area contributed by atoms with E-state index < -0.39 is 5.97 Å². The fourth-order valence-corrected chi connectivity index (χ4v) is 2.17. The predicted octanol–water partition coefficient (Wildman–Crippen LogP) is 3.27. The third-order valence-corrected chi connectivity index (χ3v) is 3.25. The van der Waals surface area contributed by atoms with Gasteiger partial charge in [0.25, 0.3) is 0 Å². The average Bonchev–Trinajstić information content (AvgIpc) is 2.38. The number of methoxy groups -OCH3 is 1. The number of aromatic nitrogens is 2. The molecule has 0 radical (unpaired) electrons. The second-order valence-corrected chi connectivity index (χ2v) is 4.81. The van der Waals surface area contributed by atoms with Gasteiger partial charge in [0.2, 0.25) is 0 Å². The number of rotatable bonds is 3. The second kappa shape index (κ2) is 5.54. The third kappa shape index (κ3) is 2.85. The molecule has 5 nitrogen and oxygen atoms in total. The summed E-state index contributed by atoms with van der Waals surface area (Å²) in [6, 6.07) is 5.21. The summed E-state index contributed by atoms with van der Waals surface area (Å²) in [5.74, 6) is -0.248. The van der Waals surface area contributed by atoms with E-state index in [0.29, 0.717) is 11.3 Å². The van der Waals surface area contributed by atoms with Gasteiger partial charge in [0.05, 0.1) is 22.8 Å². The van der Waals surface area contributed by atoms with Gasteiger partial charge >= 0.3 is 5.97 Å². The van der Waals surface area contributed by atoms with Gasteiger partial charge in [0.1, 0.15) is 5.75 Å². The smallest absolute Gasteiger partial charge is 0.356 e. The molecule has 0 saturated carbocycles. The number of hydrogen-bond acceptors (Lipinski definition) is 4. The zero-order valence-electron chi connectivity index (χ0n) is 9.72. The van der Waals surface area contributed by atoms with Crippen molar-refractivity contribution >= 4 is 33.5 Å². The first-order chi connectivity index (χ1) is 9.02. The van der Waals surface area contributed by atoms with Crippen molar-refractivity contribution < 1.29 is 14.6 Å². The molecule has 98 valence electrons. The zero-order chi connectivity index (χ0) is 14.0. The van der Waals surface area contributed by atoms with Gasteiger partial charge in [0, 0.05) is 5.56 Å². The van der Waals surface area contributed by atoms with Gasteiger partial charge in [-0.1, -0.05) is 11.6 Å². The Kier molecular flexibility index (Phi) is 4.01. The lowest BCUT2D eigenvalue weighted by atomic mass is 10.2. The first-order valence-corrected chi connectivity index (χ1v) is 6.29. The highest BCUT2D eigenvalue weighted by molar-refractivity contribution is 9.10. The van der Waals surface area contributed by atoms with Crippen LogP contribution in [0.2, 0.25) is 5.02 Å². The van der Waals surface area contributed by atoms with Gasteiger partial charge in [-0.25, -0.2) is 14.8 Å². The highest BCUT2D eigenvalue weighted by atomic mass is 79.9. The van der Waals surface area contributed by atoms with Crippen molar-refractivity contribution in [2.45, 2.75) is 0 Å². The molecule has 7 heteroatoms. The van der Waals surface area contributed by atoms with Gasteiger partial charge in [-0.2, -0.15) is 0 Å². The van der Waals surface area contributed by atoms with Gasteiger partial charge in [0.15, 0.2) is 11.5 Å². The molecule has 19 heavy (non-hydrogen) atoms.